The minimum atomic E-state index is -0.262. The predicted octanol–water partition coefficient (Wildman–Crippen LogP) is 2.35. The summed E-state index contributed by atoms with van der Waals surface area (Å²) in [6.45, 7) is 6.76. The van der Waals surface area contributed by atoms with Crippen molar-refractivity contribution < 1.29 is 13.9 Å². The number of rotatable bonds is 1. The Bertz CT molecular complexity index is 770. The molecule has 22 heavy (non-hydrogen) atoms. The average Bonchev–Trinajstić information content (AvgIpc) is 2.46. The Morgan fingerprint density at radius 1 is 1.18 bits per heavy atom. The molecular weight excluding hydrogens is 282 g/mol. The third kappa shape index (κ3) is 2.76. The zero-order valence-corrected chi connectivity index (χ0v) is 13.0. The first-order chi connectivity index (χ1) is 10.4. The van der Waals surface area contributed by atoms with Crippen molar-refractivity contribution in [2.45, 2.75) is 33.0 Å². The molecule has 116 valence electrons. The second kappa shape index (κ2) is 5.57. The molecule has 1 fully saturated rings. The summed E-state index contributed by atoms with van der Waals surface area (Å²) in [5.41, 5.74) is 1.23. The number of nitrogens with zero attached hydrogens (tertiary/aromatic N) is 1. The summed E-state index contributed by atoms with van der Waals surface area (Å²) in [7, 11) is 0. The van der Waals surface area contributed by atoms with E-state index in [0.717, 1.165) is 5.56 Å². The van der Waals surface area contributed by atoms with Gasteiger partial charge >= 0.3 is 0 Å². The molecule has 0 spiro atoms. The number of hydrogen-bond donors (Lipinski definition) is 0. The molecule has 2 aromatic rings. The quantitative estimate of drug-likeness (QED) is 0.811. The number of hydrogen-bond acceptors (Lipinski definition) is 4. The summed E-state index contributed by atoms with van der Waals surface area (Å²) in [5, 5.41) is 0.500. The number of carbonyl (C=O) groups excluding carboxylic acids is 1. The third-order valence-electron chi connectivity index (χ3n) is 3.80. The number of fused-ring (bicyclic) bond motifs is 1. The van der Waals surface area contributed by atoms with E-state index in [1.54, 1.807) is 17.0 Å². The number of ether oxygens (including phenoxy) is 1. The van der Waals surface area contributed by atoms with Crippen LogP contribution < -0.4 is 5.43 Å². The van der Waals surface area contributed by atoms with Gasteiger partial charge in [-0.15, -0.1) is 0 Å². The van der Waals surface area contributed by atoms with Crippen molar-refractivity contribution in [3.05, 3.63) is 45.8 Å². The Morgan fingerprint density at radius 2 is 1.86 bits per heavy atom. The van der Waals surface area contributed by atoms with Crippen molar-refractivity contribution in [3.63, 3.8) is 0 Å². The van der Waals surface area contributed by atoms with Crippen LogP contribution in [-0.2, 0) is 4.74 Å². The minimum Gasteiger partial charge on any atom is -0.451 e. The maximum Gasteiger partial charge on any atom is 0.289 e. The van der Waals surface area contributed by atoms with Crippen LogP contribution >= 0.6 is 0 Å². The smallest absolute Gasteiger partial charge is 0.289 e. The Kier molecular flexibility index (Phi) is 3.74. The van der Waals surface area contributed by atoms with E-state index in [1.165, 1.54) is 6.07 Å². The van der Waals surface area contributed by atoms with Gasteiger partial charge in [0.05, 0.1) is 17.6 Å². The van der Waals surface area contributed by atoms with Crippen LogP contribution in [-0.4, -0.2) is 36.1 Å². The van der Waals surface area contributed by atoms with Crippen molar-refractivity contribution in [3.8, 4) is 0 Å². The maximum atomic E-state index is 12.6. The van der Waals surface area contributed by atoms with Crippen LogP contribution in [0.4, 0.5) is 0 Å². The van der Waals surface area contributed by atoms with Gasteiger partial charge in [-0.2, -0.15) is 0 Å². The van der Waals surface area contributed by atoms with Crippen LogP contribution in [0.2, 0.25) is 0 Å². The van der Waals surface area contributed by atoms with Gasteiger partial charge in [-0.05, 0) is 32.9 Å². The molecule has 1 saturated heterocycles. The normalized spacial score (nSPS) is 22.0. The highest BCUT2D eigenvalue weighted by molar-refractivity contribution is 5.93. The molecule has 1 aliphatic rings. The lowest BCUT2D eigenvalue weighted by Crippen LogP contribution is -2.48. The van der Waals surface area contributed by atoms with Gasteiger partial charge in [0.25, 0.3) is 5.91 Å². The summed E-state index contributed by atoms with van der Waals surface area (Å²) >= 11 is 0. The molecule has 0 radical (unpaired) electrons. The zero-order valence-electron chi connectivity index (χ0n) is 13.0. The largest absolute Gasteiger partial charge is 0.451 e. The molecule has 0 bridgehead atoms. The molecule has 5 nitrogen and oxygen atoms in total. The highest BCUT2D eigenvalue weighted by Crippen LogP contribution is 2.18. The Hall–Kier alpha value is -2.14. The Balaban J connectivity index is 1.97. The number of aryl methyl sites for hydroxylation is 1. The lowest BCUT2D eigenvalue weighted by atomic mass is 10.1. The Labute approximate surface area is 128 Å². The first-order valence-electron chi connectivity index (χ1n) is 7.43. The fourth-order valence-electron chi connectivity index (χ4n) is 2.88. The molecule has 2 atom stereocenters. The molecule has 0 unspecified atom stereocenters. The molecular formula is C17H19NO4. The lowest BCUT2D eigenvalue weighted by Gasteiger charge is -2.34. The van der Waals surface area contributed by atoms with Gasteiger partial charge in [-0.25, -0.2) is 0 Å². The SMILES string of the molecule is Cc1ccc2oc(C(=O)N3C[C@@H](C)O[C@H](C)C3)cc(=O)c2c1. The van der Waals surface area contributed by atoms with E-state index in [9.17, 15) is 9.59 Å². The fraction of sp³-hybridized carbons (Fsp3) is 0.412. The Morgan fingerprint density at radius 3 is 2.55 bits per heavy atom. The molecule has 0 N–H and O–H groups in total. The zero-order chi connectivity index (χ0) is 15.9. The minimum absolute atomic E-state index is 0.0254. The average molecular weight is 301 g/mol. The molecule has 5 heteroatoms. The fourth-order valence-corrected chi connectivity index (χ4v) is 2.88. The van der Waals surface area contributed by atoms with Gasteiger partial charge in [0, 0.05) is 19.2 Å². The summed E-state index contributed by atoms with van der Waals surface area (Å²) in [6, 6.07) is 6.65. The van der Waals surface area contributed by atoms with Crippen LogP contribution in [0.15, 0.2) is 33.5 Å². The highest BCUT2D eigenvalue weighted by Gasteiger charge is 2.28. The van der Waals surface area contributed by atoms with E-state index < -0.39 is 0 Å². The van der Waals surface area contributed by atoms with Gasteiger partial charge in [-0.3, -0.25) is 9.59 Å². The molecule has 0 aliphatic carbocycles. The monoisotopic (exact) mass is 301 g/mol. The molecule has 1 aromatic heterocycles. The first-order valence-corrected chi connectivity index (χ1v) is 7.43. The highest BCUT2D eigenvalue weighted by atomic mass is 16.5. The number of carbonyl (C=O) groups is 1. The van der Waals surface area contributed by atoms with Gasteiger partial charge in [0.1, 0.15) is 5.58 Å². The first kappa shape index (κ1) is 14.8. The number of morpholine rings is 1. The van der Waals surface area contributed by atoms with Gasteiger partial charge in [0.15, 0.2) is 11.2 Å². The van der Waals surface area contributed by atoms with Crippen molar-refractivity contribution in [2.75, 3.05) is 13.1 Å². The number of benzene rings is 1. The van der Waals surface area contributed by atoms with Crippen molar-refractivity contribution >= 4 is 16.9 Å². The molecule has 3 rings (SSSR count). The molecule has 1 aliphatic heterocycles. The van der Waals surface area contributed by atoms with Crippen LogP contribution in [0.25, 0.3) is 11.0 Å². The summed E-state index contributed by atoms with van der Waals surface area (Å²) in [5.74, 6) is -0.177. The van der Waals surface area contributed by atoms with Gasteiger partial charge < -0.3 is 14.1 Å². The lowest BCUT2D eigenvalue weighted by molar-refractivity contribution is -0.0592. The van der Waals surface area contributed by atoms with E-state index >= 15 is 0 Å². The topological polar surface area (TPSA) is 59.8 Å². The molecule has 0 saturated carbocycles. The third-order valence-corrected chi connectivity index (χ3v) is 3.80. The van der Waals surface area contributed by atoms with E-state index in [1.807, 2.05) is 26.8 Å². The second-order valence-electron chi connectivity index (χ2n) is 5.94. The second-order valence-corrected chi connectivity index (χ2v) is 5.94. The summed E-state index contributed by atoms with van der Waals surface area (Å²) < 4.78 is 11.3. The summed E-state index contributed by atoms with van der Waals surface area (Å²) in [4.78, 5) is 26.5. The molecule has 1 aromatic carbocycles. The standard InChI is InChI=1S/C17H19NO4/c1-10-4-5-15-13(6-10)14(19)7-16(22-15)17(20)18-8-11(2)21-12(3)9-18/h4-7,11-12H,8-9H2,1-3H3/t11-,12-/m1/s1. The van der Waals surface area contributed by atoms with E-state index in [-0.39, 0.29) is 29.3 Å². The van der Waals surface area contributed by atoms with Crippen LogP contribution in [0.5, 0.6) is 0 Å². The van der Waals surface area contributed by atoms with Gasteiger partial charge in [-0.1, -0.05) is 11.6 Å². The summed E-state index contributed by atoms with van der Waals surface area (Å²) in [6.07, 6.45) is -0.0509. The van der Waals surface area contributed by atoms with Crippen molar-refractivity contribution in [2.24, 2.45) is 0 Å². The van der Waals surface area contributed by atoms with E-state index in [4.69, 9.17) is 9.15 Å². The number of amides is 1. The van der Waals surface area contributed by atoms with E-state index in [2.05, 4.69) is 0 Å². The predicted molar refractivity (Wildman–Crippen MR) is 83.1 cm³/mol. The van der Waals surface area contributed by atoms with Crippen LogP contribution in [0.1, 0.15) is 30.0 Å². The van der Waals surface area contributed by atoms with Crippen molar-refractivity contribution in [1.29, 1.82) is 0 Å². The molecule has 1 amide bonds. The van der Waals surface area contributed by atoms with E-state index in [0.29, 0.717) is 24.1 Å². The van der Waals surface area contributed by atoms with Gasteiger partial charge in [0.2, 0.25) is 0 Å². The maximum absolute atomic E-state index is 12.6. The van der Waals surface area contributed by atoms with Crippen molar-refractivity contribution in [1.82, 2.24) is 4.90 Å². The van der Waals surface area contributed by atoms with Crippen LogP contribution in [0, 0.1) is 6.92 Å². The molecule has 2 heterocycles. The van der Waals surface area contributed by atoms with Crippen LogP contribution in [0.3, 0.4) is 0 Å².